The third-order valence-electron chi connectivity index (χ3n) is 1.32. The van der Waals surface area contributed by atoms with Crippen molar-refractivity contribution in [3.05, 3.63) is 23.2 Å². The van der Waals surface area contributed by atoms with Gasteiger partial charge in [0.25, 0.3) is 0 Å². The summed E-state index contributed by atoms with van der Waals surface area (Å²) < 4.78 is 4.74. The molecular weight excluding hydrogens is 194 g/mol. The van der Waals surface area contributed by atoms with E-state index in [4.69, 9.17) is 27.2 Å². The summed E-state index contributed by atoms with van der Waals surface area (Å²) >= 11 is 5.57. The first-order chi connectivity index (χ1) is 6.13. The average Bonchev–Trinajstić information content (AvgIpc) is 2.11. The lowest BCUT2D eigenvalue weighted by molar-refractivity contribution is -0.132. The quantitative estimate of drug-likeness (QED) is 0.551. The zero-order valence-corrected chi connectivity index (χ0v) is 7.41. The van der Waals surface area contributed by atoms with E-state index in [-0.39, 0.29) is 23.1 Å². The molecule has 0 bridgehead atoms. The topological polar surface area (TPSA) is 72.6 Å². The third kappa shape index (κ3) is 2.61. The van der Waals surface area contributed by atoms with Crippen LogP contribution < -0.4 is 10.5 Å². The molecule has 1 aromatic rings. The van der Waals surface area contributed by atoms with Gasteiger partial charge in [0.05, 0.1) is 11.6 Å². The summed E-state index contributed by atoms with van der Waals surface area (Å²) in [6.45, 7) is -0.196. The van der Waals surface area contributed by atoms with Gasteiger partial charge in [-0.15, -0.1) is 0 Å². The maximum absolute atomic E-state index is 10.7. The Bertz CT molecular complexity index is 327. The number of rotatable bonds is 2. The zero-order chi connectivity index (χ0) is 9.84. The number of aromatic hydroxyl groups is 1. The number of hydrogen-bond donors (Lipinski definition) is 2. The molecule has 0 saturated carbocycles. The molecule has 0 fully saturated rings. The average molecular weight is 202 g/mol. The Labute approximate surface area is 79.9 Å². The minimum Gasteiger partial charge on any atom is -0.506 e. The smallest absolute Gasteiger partial charge is 0.325 e. The van der Waals surface area contributed by atoms with Crippen molar-refractivity contribution in [1.82, 2.24) is 0 Å². The van der Waals surface area contributed by atoms with E-state index >= 15 is 0 Å². The summed E-state index contributed by atoms with van der Waals surface area (Å²) in [6, 6.07) is 4.10. The molecule has 4 nitrogen and oxygen atoms in total. The molecule has 3 N–H and O–H groups in total. The fourth-order valence-electron chi connectivity index (χ4n) is 0.724. The molecule has 0 aliphatic rings. The Hall–Kier alpha value is -1.26. The predicted molar refractivity (Wildman–Crippen MR) is 47.8 cm³/mol. The molecule has 1 aromatic carbocycles. The number of phenolic OH excluding ortho intramolecular Hbond substituents is 1. The first-order valence-corrected chi connectivity index (χ1v) is 3.90. The maximum atomic E-state index is 10.7. The first-order valence-electron chi connectivity index (χ1n) is 3.52. The molecule has 0 aliphatic heterocycles. The minimum atomic E-state index is -0.554. The number of nitrogens with two attached hydrogens (primary N) is 1. The highest BCUT2D eigenvalue weighted by Crippen LogP contribution is 2.27. The van der Waals surface area contributed by atoms with Gasteiger partial charge in [0.1, 0.15) is 11.5 Å². The van der Waals surface area contributed by atoms with Crippen LogP contribution in [-0.2, 0) is 4.79 Å². The molecule has 0 atom stereocenters. The lowest BCUT2D eigenvalue weighted by Crippen LogP contribution is -2.19. The summed E-state index contributed by atoms with van der Waals surface area (Å²) in [6.07, 6.45) is 0. The normalized spacial score (nSPS) is 9.69. The van der Waals surface area contributed by atoms with Gasteiger partial charge < -0.3 is 15.6 Å². The van der Waals surface area contributed by atoms with Gasteiger partial charge in [-0.05, 0) is 12.1 Å². The van der Waals surface area contributed by atoms with Gasteiger partial charge in [-0.25, -0.2) is 0 Å². The molecule has 0 radical (unpaired) electrons. The standard InChI is InChI=1S/C8H8ClNO3/c9-6-3-5(1-2-7(6)11)13-8(12)4-10/h1-3,11H,4,10H2. The summed E-state index contributed by atoms with van der Waals surface area (Å²) in [5.41, 5.74) is 5.03. The Morgan fingerprint density at radius 2 is 2.31 bits per heavy atom. The molecule has 0 heterocycles. The van der Waals surface area contributed by atoms with E-state index in [2.05, 4.69) is 0 Å². The van der Waals surface area contributed by atoms with Crippen LogP contribution in [0.5, 0.6) is 11.5 Å². The Morgan fingerprint density at radius 1 is 1.62 bits per heavy atom. The van der Waals surface area contributed by atoms with Crippen LogP contribution in [0, 0.1) is 0 Å². The summed E-state index contributed by atoms with van der Waals surface area (Å²) in [4.78, 5) is 10.7. The molecule has 0 aliphatic carbocycles. The fourth-order valence-corrected chi connectivity index (χ4v) is 0.895. The van der Waals surface area contributed by atoms with Gasteiger partial charge in [0.15, 0.2) is 0 Å². The second-order valence-electron chi connectivity index (χ2n) is 2.29. The van der Waals surface area contributed by atoms with Crippen LogP contribution in [0.2, 0.25) is 5.02 Å². The largest absolute Gasteiger partial charge is 0.506 e. The van der Waals surface area contributed by atoms with Gasteiger partial charge in [-0.3, -0.25) is 4.79 Å². The van der Waals surface area contributed by atoms with E-state index in [0.29, 0.717) is 0 Å². The minimum absolute atomic E-state index is 0.0609. The van der Waals surface area contributed by atoms with E-state index in [1.807, 2.05) is 0 Å². The lowest BCUT2D eigenvalue weighted by Gasteiger charge is -2.03. The number of benzene rings is 1. The van der Waals surface area contributed by atoms with Crippen LogP contribution in [0.4, 0.5) is 0 Å². The third-order valence-corrected chi connectivity index (χ3v) is 1.62. The SMILES string of the molecule is NCC(=O)Oc1ccc(O)c(Cl)c1. The number of esters is 1. The highest BCUT2D eigenvalue weighted by atomic mass is 35.5. The highest BCUT2D eigenvalue weighted by molar-refractivity contribution is 6.32. The van der Waals surface area contributed by atoms with Gasteiger partial charge >= 0.3 is 5.97 Å². The number of carbonyl (C=O) groups is 1. The molecular formula is C8H8ClNO3. The Kier molecular flexibility index (Phi) is 3.11. The monoisotopic (exact) mass is 201 g/mol. The Balaban J connectivity index is 2.79. The van der Waals surface area contributed by atoms with Crippen molar-refractivity contribution >= 4 is 17.6 Å². The summed E-state index contributed by atoms with van der Waals surface area (Å²) in [7, 11) is 0. The van der Waals surface area contributed by atoms with Crippen LogP contribution in [0.25, 0.3) is 0 Å². The first kappa shape index (κ1) is 9.83. The second-order valence-corrected chi connectivity index (χ2v) is 2.70. The van der Waals surface area contributed by atoms with Crippen LogP contribution in [0.1, 0.15) is 0 Å². The van der Waals surface area contributed by atoms with Crippen molar-refractivity contribution in [3.63, 3.8) is 0 Å². The van der Waals surface area contributed by atoms with E-state index in [1.54, 1.807) is 0 Å². The number of ether oxygens (including phenoxy) is 1. The molecule has 70 valence electrons. The number of carbonyl (C=O) groups excluding carboxylic acids is 1. The van der Waals surface area contributed by atoms with Crippen molar-refractivity contribution in [2.75, 3.05) is 6.54 Å². The molecule has 0 aromatic heterocycles. The Morgan fingerprint density at radius 3 is 2.85 bits per heavy atom. The predicted octanol–water partition coefficient (Wildman–Crippen LogP) is 0.910. The summed E-state index contributed by atoms with van der Waals surface area (Å²) in [5, 5.41) is 9.17. The van der Waals surface area contributed by atoms with Crippen LogP contribution in [-0.4, -0.2) is 17.6 Å². The van der Waals surface area contributed by atoms with E-state index in [0.717, 1.165) is 0 Å². The van der Waals surface area contributed by atoms with Crippen LogP contribution in [0.3, 0.4) is 0 Å². The number of phenols is 1. The van der Waals surface area contributed by atoms with Gasteiger partial charge in [0.2, 0.25) is 0 Å². The second kappa shape index (κ2) is 4.11. The lowest BCUT2D eigenvalue weighted by atomic mass is 10.3. The zero-order valence-electron chi connectivity index (χ0n) is 6.66. The van der Waals surface area contributed by atoms with Crippen molar-refractivity contribution in [2.45, 2.75) is 0 Å². The molecule has 0 saturated heterocycles. The van der Waals surface area contributed by atoms with Gasteiger partial charge in [-0.2, -0.15) is 0 Å². The van der Waals surface area contributed by atoms with Crippen LogP contribution >= 0.6 is 11.6 Å². The maximum Gasteiger partial charge on any atom is 0.325 e. The molecule has 0 unspecified atom stereocenters. The van der Waals surface area contributed by atoms with Gasteiger partial charge in [-0.1, -0.05) is 11.6 Å². The molecule has 1 rings (SSSR count). The van der Waals surface area contributed by atoms with E-state index < -0.39 is 5.97 Å². The molecule has 13 heavy (non-hydrogen) atoms. The van der Waals surface area contributed by atoms with Crippen molar-refractivity contribution in [2.24, 2.45) is 5.73 Å². The number of halogens is 1. The molecule has 0 spiro atoms. The van der Waals surface area contributed by atoms with Crippen molar-refractivity contribution in [1.29, 1.82) is 0 Å². The van der Waals surface area contributed by atoms with Crippen molar-refractivity contribution < 1.29 is 14.6 Å². The molecule has 5 heteroatoms. The fraction of sp³-hybridized carbons (Fsp3) is 0.125. The highest BCUT2D eigenvalue weighted by Gasteiger charge is 2.04. The number of hydrogen-bond acceptors (Lipinski definition) is 4. The molecule has 0 amide bonds. The van der Waals surface area contributed by atoms with Crippen molar-refractivity contribution in [3.8, 4) is 11.5 Å². The van der Waals surface area contributed by atoms with E-state index in [9.17, 15) is 4.79 Å². The van der Waals surface area contributed by atoms with Gasteiger partial charge in [0, 0.05) is 6.07 Å². The summed E-state index contributed by atoms with van der Waals surface area (Å²) in [5.74, 6) is -0.353. The van der Waals surface area contributed by atoms with E-state index in [1.165, 1.54) is 18.2 Å². The van der Waals surface area contributed by atoms with Crippen LogP contribution in [0.15, 0.2) is 18.2 Å².